The zero-order chi connectivity index (χ0) is 20.4. The fraction of sp³-hybridized carbons (Fsp3) is 0.524. The number of halogens is 1. The van der Waals surface area contributed by atoms with Gasteiger partial charge in [0.05, 0.1) is 12.2 Å². The van der Waals surface area contributed by atoms with Gasteiger partial charge in [0, 0.05) is 38.5 Å². The van der Waals surface area contributed by atoms with Crippen molar-refractivity contribution in [3.05, 3.63) is 39.8 Å². The van der Waals surface area contributed by atoms with Crippen LogP contribution in [0, 0.1) is 0 Å². The fourth-order valence-electron chi connectivity index (χ4n) is 3.58. The lowest BCUT2D eigenvalue weighted by molar-refractivity contribution is 0.119. The molecule has 2 heterocycles. The Kier molecular flexibility index (Phi) is 7.46. The first-order valence-electron chi connectivity index (χ1n) is 9.83. The van der Waals surface area contributed by atoms with E-state index in [0.29, 0.717) is 13.3 Å². The van der Waals surface area contributed by atoms with Gasteiger partial charge in [0.1, 0.15) is 11.1 Å². The summed E-state index contributed by atoms with van der Waals surface area (Å²) in [6.07, 6.45) is 2.34. The van der Waals surface area contributed by atoms with Gasteiger partial charge in [-0.3, -0.25) is 4.99 Å². The predicted molar refractivity (Wildman–Crippen MR) is 129 cm³/mol. The summed E-state index contributed by atoms with van der Waals surface area (Å²) < 4.78 is 16.3. The van der Waals surface area contributed by atoms with Crippen LogP contribution in [0.2, 0.25) is 0 Å². The van der Waals surface area contributed by atoms with Gasteiger partial charge in [0.15, 0.2) is 17.5 Å². The Hall–Kier alpha value is -1.59. The number of aliphatic imine (C=N–C) groups is 1. The minimum atomic E-state index is 0. The highest BCUT2D eigenvalue weighted by atomic mass is 127. The zero-order valence-corrected chi connectivity index (χ0v) is 21.0. The van der Waals surface area contributed by atoms with Crippen LogP contribution in [0.4, 0.5) is 0 Å². The van der Waals surface area contributed by atoms with Crippen LogP contribution in [0.3, 0.4) is 0 Å². The Balaban J connectivity index is 0.00000256. The molecule has 1 aliphatic heterocycles. The summed E-state index contributed by atoms with van der Waals surface area (Å²) in [5, 5.41) is 6.64. The lowest BCUT2D eigenvalue weighted by Gasteiger charge is -2.24. The maximum Gasteiger partial charge on any atom is 0.231 e. The van der Waals surface area contributed by atoms with E-state index in [1.54, 1.807) is 18.4 Å². The number of nitrogens with zero attached hydrogens (tertiary/aromatic N) is 3. The molecule has 0 radical (unpaired) electrons. The fourth-order valence-corrected chi connectivity index (χ4v) is 4.42. The van der Waals surface area contributed by atoms with Gasteiger partial charge >= 0.3 is 0 Å². The number of thiazole rings is 1. The summed E-state index contributed by atoms with van der Waals surface area (Å²) in [5.74, 6) is 2.55. The first kappa shape index (κ1) is 23.1. The third kappa shape index (κ3) is 4.83. The van der Waals surface area contributed by atoms with Crippen molar-refractivity contribution < 1.29 is 14.2 Å². The number of hydrogen-bond acceptors (Lipinski definition) is 6. The van der Waals surface area contributed by atoms with Gasteiger partial charge in [0.2, 0.25) is 6.79 Å². The Morgan fingerprint density at radius 3 is 2.83 bits per heavy atom. The van der Waals surface area contributed by atoms with Crippen molar-refractivity contribution in [2.24, 2.45) is 4.99 Å². The zero-order valence-electron chi connectivity index (χ0n) is 17.8. The summed E-state index contributed by atoms with van der Waals surface area (Å²) in [7, 11) is 5.56. The first-order chi connectivity index (χ1) is 14.0. The van der Waals surface area contributed by atoms with Crippen molar-refractivity contribution in [1.82, 2.24) is 15.2 Å². The van der Waals surface area contributed by atoms with E-state index >= 15 is 0 Å². The molecule has 1 aromatic carbocycles. The minimum absolute atomic E-state index is 0. The molecular weight excluding hydrogens is 515 g/mol. The molecule has 7 nitrogen and oxygen atoms in total. The van der Waals surface area contributed by atoms with Gasteiger partial charge in [-0.2, -0.15) is 0 Å². The van der Waals surface area contributed by atoms with Crippen molar-refractivity contribution in [3.8, 4) is 11.5 Å². The molecule has 0 amide bonds. The molecule has 1 aromatic heterocycles. The summed E-state index contributed by atoms with van der Waals surface area (Å²) in [6.45, 7) is 3.86. The van der Waals surface area contributed by atoms with Gasteiger partial charge in [-0.1, -0.05) is 6.07 Å². The Labute approximate surface area is 198 Å². The van der Waals surface area contributed by atoms with Gasteiger partial charge in [-0.05, 0) is 37.5 Å². The van der Waals surface area contributed by atoms with Gasteiger partial charge in [0.25, 0.3) is 0 Å². The van der Waals surface area contributed by atoms with Crippen molar-refractivity contribution in [1.29, 1.82) is 0 Å². The summed E-state index contributed by atoms with van der Waals surface area (Å²) in [5.41, 5.74) is 2.46. The van der Waals surface area contributed by atoms with Gasteiger partial charge < -0.3 is 24.4 Å². The second-order valence-electron chi connectivity index (χ2n) is 7.66. The standard InChI is InChI=1S/C21H28N4O3S.HI/c1-14(26-4)19-24-16(11-29-19)10-25(3)20(22-2)23-12-21(7-8-21)15-5-6-17-18(9-15)28-13-27-17;/h5-6,9,11,14H,7-8,10,12-13H2,1-4H3,(H,22,23);1H. The molecule has 1 aliphatic carbocycles. The van der Waals surface area contributed by atoms with E-state index in [9.17, 15) is 0 Å². The van der Waals surface area contributed by atoms with Crippen molar-refractivity contribution in [2.45, 2.75) is 37.8 Å². The summed E-state index contributed by atoms with van der Waals surface area (Å²) >= 11 is 1.63. The van der Waals surface area contributed by atoms with Crippen LogP contribution >= 0.6 is 35.3 Å². The van der Waals surface area contributed by atoms with Crippen LogP contribution in [-0.4, -0.2) is 50.4 Å². The molecule has 0 spiro atoms. The minimum Gasteiger partial charge on any atom is -0.454 e. The van der Waals surface area contributed by atoms with Crippen LogP contribution in [0.25, 0.3) is 0 Å². The Bertz CT molecular complexity index is 900. The van der Waals surface area contributed by atoms with E-state index in [2.05, 4.69) is 37.7 Å². The highest BCUT2D eigenvalue weighted by Crippen LogP contribution is 2.49. The molecule has 9 heteroatoms. The smallest absolute Gasteiger partial charge is 0.231 e. The van der Waals surface area contributed by atoms with E-state index in [0.717, 1.165) is 47.5 Å². The third-order valence-corrected chi connectivity index (χ3v) is 6.72. The molecule has 0 bridgehead atoms. The SMILES string of the molecule is CN=C(NCC1(c2ccc3c(c2)OCO3)CC1)N(C)Cc1csc(C(C)OC)n1.I. The van der Waals surface area contributed by atoms with E-state index in [1.807, 2.05) is 27.1 Å². The molecule has 1 atom stereocenters. The first-order valence-corrected chi connectivity index (χ1v) is 10.7. The average molecular weight is 544 g/mol. The maximum absolute atomic E-state index is 5.55. The van der Waals surface area contributed by atoms with Crippen LogP contribution in [-0.2, 0) is 16.7 Å². The number of hydrogen-bond donors (Lipinski definition) is 1. The van der Waals surface area contributed by atoms with Crippen LogP contribution in [0.5, 0.6) is 11.5 Å². The van der Waals surface area contributed by atoms with Crippen LogP contribution < -0.4 is 14.8 Å². The maximum atomic E-state index is 5.55. The largest absolute Gasteiger partial charge is 0.454 e. The highest BCUT2D eigenvalue weighted by molar-refractivity contribution is 14.0. The molecule has 2 aliphatic rings. The topological polar surface area (TPSA) is 68.2 Å². The van der Waals surface area contributed by atoms with E-state index in [1.165, 1.54) is 5.56 Å². The van der Waals surface area contributed by atoms with Crippen molar-refractivity contribution in [3.63, 3.8) is 0 Å². The molecule has 0 saturated heterocycles. The molecule has 164 valence electrons. The third-order valence-electron chi connectivity index (χ3n) is 5.67. The normalized spacial score (nSPS) is 17.3. The second kappa shape index (κ2) is 9.69. The molecule has 30 heavy (non-hydrogen) atoms. The lowest BCUT2D eigenvalue weighted by atomic mass is 9.95. The van der Waals surface area contributed by atoms with Gasteiger partial charge in [-0.15, -0.1) is 35.3 Å². The highest BCUT2D eigenvalue weighted by Gasteiger charge is 2.45. The van der Waals surface area contributed by atoms with Crippen LogP contribution in [0.1, 0.15) is 42.1 Å². The van der Waals surface area contributed by atoms with Crippen molar-refractivity contribution in [2.75, 3.05) is 34.5 Å². The summed E-state index contributed by atoms with van der Waals surface area (Å²) in [6, 6.07) is 6.29. The Morgan fingerprint density at radius 1 is 1.37 bits per heavy atom. The molecule has 2 aromatic rings. The van der Waals surface area contributed by atoms with Crippen molar-refractivity contribution >= 4 is 41.3 Å². The van der Waals surface area contributed by atoms with Gasteiger partial charge in [-0.25, -0.2) is 4.98 Å². The number of aromatic nitrogens is 1. The van der Waals surface area contributed by atoms with Crippen LogP contribution in [0.15, 0.2) is 28.6 Å². The second-order valence-corrected chi connectivity index (χ2v) is 8.55. The van der Waals surface area contributed by atoms with E-state index < -0.39 is 0 Å². The molecule has 1 fully saturated rings. The number of nitrogens with one attached hydrogen (secondary N) is 1. The molecule has 1 saturated carbocycles. The quantitative estimate of drug-likeness (QED) is 0.324. The predicted octanol–water partition coefficient (Wildman–Crippen LogP) is 3.94. The van der Waals surface area contributed by atoms with E-state index in [-0.39, 0.29) is 35.5 Å². The molecular formula is C21H29IN4O3S. The summed E-state index contributed by atoms with van der Waals surface area (Å²) in [4.78, 5) is 11.2. The Morgan fingerprint density at radius 2 is 2.13 bits per heavy atom. The number of benzene rings is 1. The number of rotatable bonds is 7. The number of ether oxygens (including phenoxy) is 3. The average Bonchev–Trinajstić information content (AvgIpc) is 3.14. The molecule has 4 rings (SSSR count). The monoisotopic (exact) mass is 544 g/mol. The molecule has 1 N–H and O–H groups in total. The molecule has 1 unspecified atom stereocenters. The number of guanidine groups is 1. The number of methoxy groups -OCH3 is 1. The number of fused-ring (bicyclic) bond motifs is 1. The lowest BCUT2D eigenvalue weighted by Crippen LogP contribution is -2.42. The van der Waals surface area contributed by atoms with E-state index in [4.69, 9.17) is 14.2 Å².